The fraction of sp³-hybridized carbons (Fsp3) is 0.500. The topological polar surface area (TPSA) is 60.9 Å². The summed E-state index contributed by atoms with van der Waals surface area (Å²) >= 11 is 6.80. The number of hydrogen-bond donors (Lipinski definition) is 1. The van der Waals surface area contributed by atoms with Crippen molar-refractivity contribution >= 4 is 23.3 Å². The molecule has 3 atom stereocenters. The number of anilines is 1. The highest BCUT2D eigenvalue weighted by Crippen LogP contribution is 2.44. The van der Waals surface area contributed by atoms with Crippen molar-refractivity contribution in [2.75, 3.05) is 51.3 Å². The summed E-state index contributed by atoms with van der Waals surface area (Å²) in [6.45, 7) is 8.06. The Morgan fingerprint density at radius 3 is 2.76 bits per heavy atom. The lowest BCUT2D eigenvalue weighted by molar-refractivity contribution is 0.0606. The van der Waals surface area contributed by atoms with Crippen molar-refractivity contribution in [1.82, 2.24) is 20.1 Å². The number of carbonyl (C=O) groups is 1. The van der Waals surface area contributed by atoms with Gasteiger partial charge in [0.05, 0.1) is 11.7 Å². The van der Waals surface area contributed by atoms with E-state index in [9.17, 15) is 9.18 Å². The Kier molecular flexibility index (Phi) is 5.93. The molecule has 2 aromatic rings. The number of nitrogens with one attached hydrogen (secondary N) is 1. The number of nitrogens with zero attached hydrogens (tertiary/aromatic N) is 4. The third-order valence-corrected chi connectivity index (χ3v) is 7.37. The minimum Gasteiger partial charge on any atom is -0.489 e. The number of likely N-dealkylation sites (N-methyl/N-ethyl adjacent to an activating group) is 1. The van der Waals surface area contributed by atoms with Gasteiger partial charge in [0.2, 0.25) is 0 Å². The molecule has 0 spiro atoms. The number of amides is 1. The molecule has 0 unspecified atom stereocenters. The van der Waals surface area contributed by atoms with Gasteiger partial charge < -0.3 is 19.9 Å². The number of pyridine rings is 1. The molecular formula is C24H29ClFN5O2. The zero-order chi connectivity index (χ0) is 23.3. The van der Waals surface area contributed by atoms with Gasteiger partial charge >= 0.3 is 0 Å². The second kappa shape index (κ2) is 8.74. The summed E-state index contributed by atoms with van der Waals surface area (Å²) in [7, 11) is 2.10. The summed E-state index contributed by atoms with van der Waals surface area (Å²) < 4.78 is 21.0. The first-order chi connectivity index (χ1) is 15.9. The van der Waals surface area contributed by atoms with E-state index in [1.54, 1.807) is 18.2 Å². The number of halogens is 2. The molecule has 1 amide bonds. The zero-order valence-electron chi connectivity index (χ0n) is 19.1. The number of carbonyl (C=O) groups excluding carboxylic acids is 1. The number of benzene rings is 1. The molecular weight excluding hydrogens is 445 g/mol. The first-order valence-electron chi connectivity index (χ1n) is 11.5. The quantitative estimate of drug-likeness (QED) is 0.723. The highest BCUT2D eigenvalue weighted by Gasteiger charge is 2.40. The van der Waals surface area contributed by atoms with E-state index in [4.69, 9.17) is 21.3 Å². The zero-order valence-corrected chi connectivity index (χ0v) is 19.9. The van der Waals surface area contributed by atoms with Crippen LogP contribution < -0.4 is 15.0 Å². The van der Waals surface area contributed by atoms with Crippen LogP contribution in [-0.2, 0) is 0 Å². The Balaban J connectivity index is 1.72. The second-order valence-electron chi connectivity index (χ2n) is 9.24. The Morgan fingerprint density at radius 1 is 1.18 bits per heavy atom. The largest absolute Gasteiger partial charge is 0.489 e. The molecule has 0 bridgehead atoms. The minimum atomic E-state index is -0.417. The van der Waals surface area contributed by atoms with Crippen molar-refractivity contribution in [2.24, 2.45) is 0 Å². The van der Waals surface area contributed by atoms with Crippen LogP contribution in [0.2, 0.25) is 5.02 Å². The molecule has 4 heterocycles. The van der Waals surface area contributed by atoms with E-state index in [1.165, 1.54) is 6.07 Å². The summed E-state index contributed by atoms with van der Waals surface area (Å²) in [5.74, 6) is 0.277. The molecule has 5 rings (SSSR count). The average molecular weight is 474 g/mol. The highest BCUT2D eigenvalue weighted by atomic mass is 35.5. The predicted octanol–water partition coefficient (Wildman–Crippen LogP) is 2.88. The monoisotopic (exact) mass is 473 g/mol. The number of aromatic nitrogens is 1. The van der Waals surface area contributed by atoms with Gasteiger partial charge in [-0.1, -0.05) is 23.7 Å². The number of piperazine rings is 2. The van der Waals surface area contributed by atoms with E-state index in [0.717, 1.165) is 13.1 Å². The van der Waals surface area contributed by atoms with Crippen LogP contribution in [0.5, 0.6) is 5.75 Å². The lowest BCUT2D eigenvalue weighted by Gasteiger charge is -2.44. The summed E-state index contributed by atoms with van der Waals surface area (Å²) in [4.78, 5) is 25.0. The first-order valence-corrected chi connectivity index (χ1v) is 11.8. The molecule has 1 aromatic heterocycles. The summed E-state index contributed by atoms with van der Waals surface area (Å²) in [6.07, 6.45) is 0. The van der Waals surface area contributed by atoms with Gasteiger partial charge in [0.1, 0.15) is 28.8 Å². The van der Waals surface area contributed by atoms with Crippen LogP contribution in [0.1, 0.15) is 24.2 Å². The Morgan fingerprint density at radius 2 is 1.97 bits per heavy atom. The van der Waals surface area contributed by atoms with Crippen molar-refractivity contribution in [3.05, 3.63) is 40.7 Å². The molecule has 9 heteroatoms. The molecule has 1 aromatic carbocycles. The van der Waals surface area contributed by atoms with Gasteiger partial charge in [-0.3, -0.25) is 9.69 Å². The molecule has 2 saturated heterocycles. The van der Waals surface area contributed by atoms with E-state index in [2.05, 4.69) is 36.0 Å². The van der Waals surface area contributed by atoms with Crippen LogP contribution in [0.25, 0.3) is 11.3 Å². The molecule has 3 aliphatic heterocycles. The van der Waals surface area contributed by atoms with Crippen molar-refractivity contribution in [2.45, 2.75) is 32.0 Å². The van der Waals surface area contributed by atoms with Crippen LogP contribution in [0.4, 0.5) is 10.2 Å². The molecule has 33 heavy (non-hydrogen) atoms. The van der Waals surface area contributed by atoms with Crippen LogP contribution in [-0.4, -0.2) is 85.2 Å². The Hall–Kier alpha value is -2.42. The normalized spacial score (nSPS) is 25.8. The van der Waals surface area contributed by atoms with Crippen LogP contribution in [0.15, 0.2) is 24.3 Å². The smallest absolute Gasteiger partial charge is 0.261 e. The minimum absolute atomic E-state index is 0.0942. The van der Waals surface area contributed by atoms with E-state index >= 15 is 0 Å². The molecule has 7 nitrogen and oxygen atoms in total. The Bertz CT molecular complexity index is 1080. The predicted molar refractivity (Wildman–Crippen MR) is 127 cm³/mol. The van der Waals surface area contributed by atoms with Crippen molar-refractivity contribution < 1.29 is 13.9 Å². The third-order valence-electron chi connectivity index (χ3n) is 7.02. The second-order valence-corrected chi connectivity index (χ2v) is 9.62. The molecule has 176 valence electrons. The van der Waals surface area contributed by atoms with Crippen LogP contribution in [0.3, 0.4) is 0 Å². The van der Waals surface area contributed by atoms with Crippen LogP contribution >= 0.6 is 11.6 Å². The molecule has 0 aliphatic carbocycles. The third kappa shape index (κ3) is 3.84. The van der Waals surface area contributed by atoms with E-state index in [0.29, 0.717) is 54.6 Å². The SMILES string of the molecule is C[C@H]1CN(c2nc(-c3ccccc3F)c(Cl)c3c2C(=O)N2CCNC[C@@H]2CO3)[C@@H](C)CN1C. The van der Waals surface area contributed by atoms with Crippen molar-refractivity contribution in [3.8, 4) is 17.0 Å². The van der Waals surface area contributed by atoms with Crippen molar-refractivity contribution in [1.29, 1.82) is 0 Å². The van der Waals surface area contributed by atoms with Gasteiger partial charge in [-0.15, -0.1) is 0 Å². The maximum atomic E-state index is 14.8. The lowest BCUT2D eigenvalue weighted by Crippen LogP contribution is -2.56. The van der Waals surface area contributed by atoms with Gasteiger partial charge in [-0.25, -0.2) is 9.37 Å². The lowest BCUT2D eigenvalue weighted by atomic mass is 10.0. The molecule has 3 aliphatic rings. The first kappa shape index (κ1) is 22.4. The maximum Gasteiger partial charge on any atom is 0.261 e. The fourth-order valence-electron chi connectivity index (χ4n) is 4.99. The number of fused-ring (bicyclic) bond motifs is 2. The fourth-order valence-corrected chi connectivity index (χ4v) is 5.29. The molecule has 0 radical (unpaired) electrons. The van der Waals surface area contributed by atoms with E-state index in [1.807, 2.05) is 4.90 Å². The summed E-state index contributed by atoms with van der Waals surface area (Å²) in [6, 6.07) is 6.70. The van der Waals surface area contributed by atoms with Gasteiger partial charge in [-0.2, -0.15) is 0 Å². The number of hydrogen-bond acceptors (Lipinski definition) is 6. The Labute approximate surface area is 198 Å². The molecule has 2 fully saturated rings. The van der Waals surface area contributed by atoms with Gasteiger partial charge in [0, 0.05) is 50.4 Å². The van der Waals surface area contributed by atoms with E-state index in [-0.39, 0.29) is 29.1 Å². The number of ether oxygens (including phenoxy) is 1. The summed E-state index contributed by atoms with van der Waals surface area (Å²) in [5.41, 5.74) is 0.974. The standard InChI is InChI=1S/C24H29ClFN5O2/c1-14-12-31(15(2)11-29(14)3)23-19-22(33-13-16-10-27-8-9-30(16)24(19)32)20(25)21(28-23)17-6-4-5-7-18(17)26/h4-7,14-16,27H,8-13H2,1-3H3/t14-,15-,16+/m0/s1. The van der Waals surface area contributed by atoms with Gasteiger partial charge in [-0.05, 0) is 33.0 Å². The van der Waals surface area contributed by atoms with E-state index < -0.39 is 5.82 Å². The molecule has 0 saturated carbocycles. The highest BCUT2D eigenvalue weighted by molar-refractivity contribution is 6.35. The number of rotatable bonds is 2. The van der Waals surface area contributed by atoms with Gasteiger partial charge in [0.15, 0.2) is 5.75 Å². The maximum absolute atomic E-state index is 14.8. The average Bonchev–Trinajstić information content (AvgIpc) is 2.95. The molecule has 1 N–H and O–H groups in total. The van der Waals surface area contributed by atoms with Gasteiger partial charge in [0.25, 0.3) is 5.91 Å². The summed E-state index contributed by atoms with van der Waals surface area (Å²) in [5, 5.41) is 3.50. The van der Waals surface area contributed by atoms with Crippen LogP contribution in [0, 0.1) is 5.82 Å². The van der Waals surface area contributed by atoms with Crippen molar-refractivity contribution in [3.63, 3.8) is 0 Å².